The van der Waals surface area contributed by atoms with E-state index in [9.17, 15) is 23.9 Å². The quantitative estimate of drug-likeness (QED) is 0.633. The fraction of sp³-hybridized carbons (Fsp3) is 0.526. The highest BCUT2D eigenvalue weighted by Gasteiger charge is 2.57. The Bertz CT molecular complexity index is 699. The van der Waals surface area contributed by atoms with Crippen molar-refractivity contribution in [2.45, 2.75) is 38.7 Å². The predicted molar refractivity (Wildman–Crippen MR) is 89.6 cm³/mol. The van der Waals surface area contributed by atoms with Gasteiger partial charge in [-0.1, -0.05) is 18.2 Å². The molecule has 1 N–H and O–H groups in total. The molecule has 1 fully saturated rings. The van der Waals surface area contributed by atoms with Gasteiger partial charge in [0.2, 0.25) is 0 Å². The molecule has 0 saturated heterocycles. The number of carbonyl (C=O) groups excluding carboxylic acids is 3. The minimum atomic E-state index is -1.78. The molecule has 0 aromatic heterocycles. The van der Waals surface area contributed by atoms with Gasteiger partial charge in [0.05, 0.1) is 24.7 Å². The summed E-state index contributed by atoms with van der Waals surface area (Å²) < 4.78 is 24.5. The number of aliphatic hydroxyl groups is 1. The smallest absolute Gasteiger partial charge is 0.317 e. The molecule has 0 amide bonds. The predicted octanol–water partition coefficient (Wildman–Crippen LogP) is 1.99. The van der Waals surface area contributed by atoms with Gasteiger partial charge in [-0.3, -0.25) is 14.4 Å². The molecule has 142 valence electrons. The maximum Gasteiger partial charge on any atom is 0.317 e. The summed E-state index contributed by atoms with van der Waals surface area (Å²) in [5.41, 5.74) is -1.78. The number of hydrogen-bond donors (Lipinski definition) is 1. The van der Waals surface area contributed by atoms with Gasteiger partial charge in [-0.15, -0.1) is 0 Å². The van der Waals surface area contributed by atoms with Crippen molar-refractivity contribution in [3.63, 3.8) is 0 Å². The van der Waals surface area contributed by atoms with Crippen LogP contribution in [0.3, 0.4) is 0 Å². The molecule has 0 heterocycles. The molecule has 0 bridgehead atoms. The molecule has 0 radical (unpaired) electrons. The minimum absolute atomic E-state index is 0.00284. The largest absolute Gasteiger partial charge is 0.466 e. The van der Waals surface area contributed by atoms with Gasteiger partial charge in [0.25, 0.3) is 0 Å². The second-order valence-electron chi connectivity index (χ2n) is 6.51. The van der Waals surface area contributed by atoms with Gasteiger partial charge in [0.15, 0.2) is 5.78 Å². The lowest BCUT2D eigenvalue weighted by Crippen LogP contribution is -2.55. The highest BCUT2D eigenvalue weighted by atomic mass is 19.1. The van der Waals surface area contributed by atoms with Crippen molar-refractivity contribution in [3.05, 3.63) is 35.6 Å². The molecule has 7 heteroatoms. The molecular weight excluding hydrogens is 343 g/mol. The standard InChI is InChI=1S/C19H23FO6/c1-4-25-17(22)15-13(21)10-19(3,24)16(18(23)26-5-2)14(15)11-8-6-7-9-12(11)20/h6-9,14-16,24H,4-5,10H2,1-3H3/t14-,15+,16+,19-/m0/s1. The Balaban J connectivity index is 2.64. The molecule has 1 aromatic carbocycles. The first-order chi connectivity index (χ1) is 12.2. The number of Topliss-reactive ketones (excluding diaryl/α,β-unsaturated/α-hetero) is 1. The summed E-state index contributed by atoms with van der Waals surface area (Å²) >= 11 is 0. The van der Waals surface area contributed by atoms with Crippen LogP contribution in [0.4, 0.5) is 4.39 Å². The zero-order valence-corrected chi connectivity index (χ0v) is 15.0. The average Bonchev–Trinajstić information content (AvgIpc) is 2.54. The molecule has 26 heavy (non-hydrogen) atoms. The summed E-state index contributed by atoms with van der Waals surface area (Å²) in [5, 5.41) is 10.8. The summed E-state index contributed by atoms with van der Waals surface area (Å²) in [6, 6.07) is 5.57. The summed E-state index contributed by atoms with van der Waals surface area (Å²) in [5.74, 6) is -6.78. The van der Waals surface area contributed by atoms with Crippen LogP contribution in [0.15, 0.2) is 24.3 Å². The first kappa shape index (κ1) is 20.0. The third-order valence-corrected chi connectivity index (χ3v) is 4.61. The van der Waals surface area contributed by atoms with E-state index in [0.717, 1.165) is 0 Å². The minimum Gasteiger partial charge on any atom is -0.466 e. The number of ether oxygens (including phenoxy) is 2. The topological polar surface area (TPSA) is 89.9 Å². The molecule has 0 unspecified atom stereocenters. The SMILES string of the molecule is CCOC(=O)[C@@H]1C(=O)C[C@](C)(O)[C@@H](C(=O)OCC)[C@H]1c1ccccc1F. The molecule has 2 rings (SSSR count). The van der Waals surface area contributed by atoms with Crippen LogP contribution < -0.4 is 0 Å². The first-order valence-corrected chi connectivity index (χ1v) is 8.57. The molecule has 4 atom stereocenters. The van der Waals surface area contributed by atoms with Gasteiger partial charge in [0, 0.05) is 12.3 Å². The highest BCUT2D eigenvalue weighted by Crippen LogP contribution is 2.47. The van der Waals surface area contributed by atoms with E-state index in [4.69, 9.17) is 9.47 Å². The van der Waals surface area contributed by atoms with Crippen molar-refractivity contribution in [3.8, 4) is 0 Å². The maximum atomic E-state index is 14.5. The fourth-order valence-corrected chi connectivity index (χ4v) is 3.60. The van der Waals surface area contributed by atoms with Gasteiger partial charge < -0.3 is 14.6 Å². The molecule has 0 aliphatic heterocycles. The van der Waals surface area contributed by atoms with Crippen molar-refractivity contribution < 1.29 is 33.4 Å². The van der Waals surface area contributed by atoms with Crippen LogP contribution in [0, 0.1) is 17.7 Å². The highest BCUT2D eigenvalue weighted by molar-refractivity contribution is 6.02. The third-order valence-electron chi connectivity index (χ3n) is 4.61. The second kappa shape index (κ2) is 7.95. The molecule has 1 saturated carbocycles. The van der Waals surface area contributed by atoms with Crippen LogP contribution in [0.1, 0.15) is 38.7 Å². The van der Waals surface area contributed by atoms with E-state index in [2.05, 4.69) is 0 Å². The first-order valence-electron chi connectivity index (χ1n) is 8.57. The van der Waals surface area contributed by atoms with Gasteiger partial charge in [-0.25, -0.2) is 4.39 Å². The number of rotatable bonds is 5. The van der Waals surface area contributed by atoms with Crippen molar-refractivity contribution >= 4 is 17.7 Å². The van der Waals surface area contributed by atoms with Crippen molar-refractivity contribution in [1.29, 1.82) is 0 Å². The summed E-state index contributed by atoms with van der Waals surface area (Å²) in [7, 11) is 0. The lowest BCUT2D eigenvalue weighted by atomic mass is 9.61. The summed E-state index contributed by atoms with van der Waals surface area (Å²) in [4.78, 5) is 37.6. The number of benzene rings is 1. The van der Waals surface area contributed by atoms with Crippen LogP contribution in [-0.4, -0.2) is 41.6 Å². The van der Waals surface area contributed by atoms with Gasteiger partial charge in [0.1, 0.15) is 11.7 Å². The maximum absolute atomic E-state index is 14.5. The molecule has 0 spiro atoms. The van der Waals surface area contributed by atoms with Gasteiger partial charge in [-0.2, -0.15) is 0 Å². The van der Waals surface area contributed by atoms with Crippen LogP contribution >= 0.6 is 0 Å². The van der Waals surface area contributed by atoms with Crippen molar-refractivity contribution in [2.75, 3.05) is 13.2 Å². The third kappa shape index (κ3) is 3.77. The van der Waals surface area contributed by atoms with E-state index >= 15 is 0 Å². The Kier molecular flexibility index (Phi) is 6.13. The van der Waals surface area contributed by atoms with Crippen LogP contribution in [0.5, 0.6) is 0 Å². The van der Waals surface area contributed by atoms with Gasteiger partial charge in [-0.05, 0) is 32.4 Å². The number of hydrogen-bond acceptors (Lipinski definition) is 6. The Morgan fingerprint density at radius 1 is 1.19 bits per heavy atom. The zero-order chi connectivity index (χ0) is 19.5. The molecule has 1 aliphatic carbocycles. The second-order valence-corrected chi connectivity index (χ2v) is 6.51. The lowest BCUT2D eigenvalue weighted by molar-refractivity contribution is -0.172. The molecule has 1 aromatic rings. The lowest BCUT2D eigenvalue weighted by Gasteiger charge is -2.43. The van der Waals surface area contributed by atoms with Crippen molar-refractivity contribution in [1.82, 2.24) is 0 Å². The molecular formula is C19H23FO6. The Hall–Kier alpha value is -2.28. The zero-order valence-electron chi connectivity index (χ0n) is 15.0. The number of halogens is 1. The Morgan fingerprint density at radius 2 is 1.77 bits per heavy atom. The number of esters is 2. The number of carbonyl (C=O) groups is 3. The van der Waals surface area contributed by atoms with Crippen LogP contribution in [-0.2, 0) is 23.9 Å². The Morgan fingerprint density at radius 3 is 2.35 bits per heavy atom. The van der Waals surface area contributed by atoms with E-state index in [1.54, 1.807) is 13.8 Å². The van der Waals surface area contributed by atoms with E-state index < -0.39 is 53.3 Å². The van der Waals surface area contributed by atoms with E-state index in [-0.39, 0.29) is 18.8 Å². The fourth-order valence-electron chi connectivity index (χ4n) is 3.60. The molecule has 6 nitrogen and oxygen atoms in total. The van der Waals surface area contributed by atoms with E-state index in [0.29, 0.717) is 0 Å². The monoisotopic (exact) mass is 366 g/mol. The van der Waals surface area contributed by atoms with Crippen LogP contribution in [0.2, 0.25) is 0 Å². The van der Waals surface area contributed by atoms with Crippen LogP contribution in [0.25, 0.3) is 0 Å². The number of ketones is 1. The molecule has 1 aliphatic rings. The van der Waals surface area contributed by atoms with E-state index in [1.165, 1.54) is 31.2 Å². The van der Waals surface area contributed by atoms with Crippen molar-refractivity contribution in [2.24, 2.45) is 11.8 Å². The van der Waals surface area contributed by atoms with E-state index in [1.807, 2.05) is 0 Å². The average molecular weight is 366 g/mol. The van der Waals surface area contributed by atoms with Gasteiger partial charge >= 0.3 is 11.9 Å². The normalized spacial score (nSPS) is 28.5. The Labute approximate surface area is 151 Å². The summed E-state index contributed by atoms with van der Waals surface area (Å²) in [6.45, 7) is 4.59. The summed E-state index contributed by atoms with van der Waals surface area (Å²) in [6.07, 6.45) is -0.426.